The average molecular weight is 219 g/mol. The van der Waals surface area contributed by atoms with Crippen molar-refractivity contribution in [1.29, 1.82) is 0 Å². The highest BCUT2D eigenvalue weighted by Crippen LogP contribution is 2.30. The van der Waals surface area contributed by atoms with Gasteiger partial charge >= 0.3 is 0 Å². The molecule has 0 atom stereocenters. The largest absolute Gasteiger partial charge is 1.00 e. The predicted octanol–water partition coefficient (Wildman–Crippen LogP) is -1.36. The first kappa shape index (κ1) is 9.95. The molecule has 0 N–H and O–H groups in total. The van der Waals surface area contributed by atoms with Gasteiger partial charge in [-0.2, -0.15) is 0 Å². The number of nitro benzene ring substituents is 1. The monoisotopic (exact) mass is 218 g/mol. The number of benzene rings is 1. The van der Waals surface area contributed by atoms with Gasteiger partial charge in [0.2, 0.25) is 0 Å². The summed E-state index contributed by atoms with van der Waals surface area (Å²) < 4.78 is 0. The van der Waals surface area contributed by atoms with Crippen molar-refractivity contribution in [2.24, 2.45) is 0 Å². The molecule has 4 nitrogen and oxygen atoms in total. The minimum Gasteiger partial charge on any atom is -1.00 e. The minimum absolute atomic E-state index is 0. The molecule has 0 amide bonds. The summed E-state index contributed by atoms with van der Waals surface area (Å²) in [6, 6.07) is 2.54. The quantitative estimate of drug-likeness (QED) is 0.439. The van der Waals surface area contributed by atoms with Crippen LogP contribution in [-0.2, 0) is 0 Å². The van der Waals surface area contributed by atoms with Crippen LogP contribution in [0.2, 0.25) is 5.02 Å². The molecular weight excluding hydrogens is 217 g/mol. The Labute approximate surface area is 83.4 Å². The summed E-state index contributed by atoms with van der Waals surface area (Å²) in [5.41, 5.74) is -0.355. The van der Waals surface area contributed by atoms with Crippen molar-refractivity contribution in [3.63, 3.8) is 0 Å². The second-order valence-electron chi connectivity index (χ2n) is 2.44. The van der Waals surface area contributed by atoms with Crippen LogP contribution in [-0.4, -0.2) is 4.92 Å². The number of hydrogen-bond donors (Lipinski definition) is 0. The van der Waals surface area contributed by atoms with E-state index in [9.17, 15) is 14.9 Å². The van der Waals surface area contributed by atoms with Gasteiger partial charge in [0, 0.05) is 16.8 Å². The molecular formula is C7H2Cl2NO3-. The molecule has 0 fully saturated rings. The Bertz CT molecular complexity index is 499. The van der Waals surface area contributed by atoms with E-state index in [0.717, 1.165) is 0 Å². The topological polar surface area (TPSA) is 60.2 Å². The van der Waals surface area contributed by atoms with Crippen LogP contribution >= 0.6 is 11.6 Å². The summed E-state index contributed by atoms with van der Waals surface area (Å²) >= 11 is 5.53. The van der Waals surface area contributed by atoms with E-state index in [-0.39, 0.29) is 28.5 Å². The van der Waals surface area contributed by atoms with Gasteiger partial charge in [0.15, 0.2) is 5.43 Å². The number of nitrogens with zero attached hydrogens (tertiary/aromatic N) is 1. The molecule has 2 aromatic rings. The Kier molecular flexibility index (Phi) is 2.28. The number of rotatable bonds is 1. The summed E-state index contributed by atoms with van der Waals surface area (Å²) in [6.45, 7) is 0. The molecule has 0 spiro atoms. The number of hydrogen-bond acceptors (Lipinski definition) is 3. The third-order valence-electron chi connectivity index (χ3n) is 1.71. The maximum atomic E-state index is 10.8. The van der Waals surface area contributed by atoms with Crippen LogP contribution < -0.4 is 17.8 Å². The van der Waals surface area contributed by atoms with Crippen LogP contribution in [0.15, 0.2) is 16.9 Å². The third kappa shape index (κ3) is 1.38. The second-order valence-corrected chi connectivity index (χ2v) is 2.84. The first-order valence-electron chi connectivity index (χ1n) is 3.14. The summed E-state index contributed by atoms with van der Waals surface area (Å²) in [5, 5.41) is 11.2. The van der Waals surface area contributed by atoms with E-state index >= 15 is 0 Å². The molecule has 0 saturated carbocycles. The van der Waals surface area contributed by atoms with Crippen LogP contribution in [0.25, 0.3) is 10.8 Å². The Morgan fingerprint density at radius 3 is 2.38 bits per heavy atom. The van der Waals surface area contributed by atoms with Gasteiger partial charge in [-0.3, -0.25) is 14.9 Å². The van der Waals surface area contributed by atoms with Gasteiger partial charge in [0.25, 0.3) is 5.69 Å². The van der Waals surface area contributed by atoms with Gasteiger partial charge < -0.3 is 12.4 Å². The van der Waals surface area contributed by atoms with E-state index in [2.05, 4.69) is 0 Å². The highest BCUT2D eigenvalue weighted by molar-refractivity contribution is 6.34. The van der Waals surface area contributed by atoms with Crippen LogP contribution in [0.1, 0.15) is 0 Å². The van der Waals surface area contributed by atoms with Gasteiger partial charge in [0.1, 0.15) is 5.02 Å². The van der Waals surface area contributed by atoms with Crippen molar-refractivity contribution in [3.05, 3.63) is 37.5 Å². The van der Waals surface area contributed by atoms with Gasteiger partial charge in [0.05, 0.1) is 4.92 Å². The van der Waals surface area contributed by atoms with Gasteiger partial charge in [-0.25, -0.2) is 0 Å². The second kappa shape index (κ2) is 2.97. The number of fused-ring (bicyclic) bond motifs is 1. The zero-order valence-electron chi connectivity index (χ0n) is 6.08. The molecule has 0 aliphatic carbocycles. The molecule has 0 bridgehead atoms. The summed E-state index contributed by atoms with van der Waals surface area (Å²) in [6.07, 6.45) is 0. The fraction of sp³-hybridized carbons (Fsp3) is 0. The number of nitro groups is 1. The maximum absolute atomic E-state index is 10.8. The molecule has 0 aliphatic heterocycles. The van der Waals surface area contributed by atoms with Gasteiger partial charge in [-0.15, -0.1) is 0 Å². The molecule has 6 heteroatoms. The summed E-state index contributed by atoms with van der Waals surface area (Å²) in [4.78, 5) is 20.5. The first-order chi connectivity index (χ1) is 5.61. The third-order valence-corrected chi connectivity index (χ3v) is 2.01. The summed E-state index contributed by atoms with van der Waals surface area (Å²) in [5.74, 6) is 0. The van der Waals surface area contributed by atoms with Gasteiger partial charge in [-0.05, 0) is 6.07 Å². The van der Waals surface area contributed by atoms with E-state index < -0.39 is 4.92 Å². The Morgan fingerprint density at radius 1 is 1.31 bits per heavy atom. The average Bonchev–Trinajstić information content (AvgIpc) is 2.60. The fourth-order valence-electron chi connectivity index (χ4n) is 1.03. The zero-order valence-corrected chi connectivity index (χ0v) is 7.59. The fourth-order valence-corrected chi connectivity index (χ4v) is 1.26. The Morgan fingerprint density at radius 2 is 1.85 bits per heavy atom. The zero-order chi connectivity index (χ0) is 8.88. The normalized spacial score (nSPS) is 10.2. The van der Waals surface area contributed by atoms with Crippen LogP contribution in [0.4, 0.5) is 5.69 Å². The van der Waals surface area contributed by atoms with E-state index in [4.69, 9.17) is 11.6 Å². The molecule has 0 aromatic heterocycles. The molecule has 13 heavy (non-hydrogen) atoms. The minimum atomic E-state index is -0.603. The van der Waals surface area contributed by atoms with Crippen LogP contribution in [0.5, 0.6) is 0 Å². The molecule has 2 aromatic carbocycles. The highest BCUT2D eigenvalue weighted by atomic mass is 35.5. The molecule has 2 rings (SSSR count). The van der Waals surface area contributed by atoms with Crippen LogP contribution in [0.3, 0.4) is 0 Å². The van der Waals surface area contributed by atoms with Crippen molar-refractivity contribution in [3.8, 4) is 0 Å². The highest BCUT2D eigenvalue weighted by Gasteiger charge is 2.21. The molecule has 0 unspecified atom stereocenters. The van der Waals surface area contributed by atoms with E-state index in [1.165, 1.54) is 12.1 Å². The molecule has 0 saturated heterocycles. The first-order valence-corrected chi connectivity index (χ1v) is 3.51. The molecule has 68 valence electrons. The Hall–Kier alpha value is -1.13. The molecule has 0 radical (unpaired) electrons. The SMILES string of the molecule is O=c1c2cc(Cl)c([N+](=O)[O-])cc12.[Cl-]. The van der Waals surface area contributed by atoms with E-state index in [1.54, 1.807) is 0 Å². The van der Waals surface area contributed by atoms with Crippen molar-refractivity contribution >= 4 is 28.1 Å². The van der Waals surface area contributed by atoms with Crippen molar-refractivity contribution in [1.82, 2.24) is 0 Å². The summed E-state index contributed by atoms with van der Waals surface area (Å²) in [7, 11) is 0. The smallest absolute Gasteiger partial charge is 0.288 e. The van der Waals surface area contributed by atoms with Gasteiger partial charge in [-0.1, -0.05) is 11.6 Å². The van der Waals surface area contributed by atoms with Crippen molar-refractivity contribution < 1.29 is 17.3 Å². The van der Waals surface area contributed by atoms with Crippen molar-refractivity contribution in [2.45, 2.75) is 0 Å². The standard InChI is InChI=1S/C7H2ClNO3.ClH/c8-5-1-3-4(7(3)10)2-6(5)9(11)12;/h1-2H;1H/p-1. The van der Waals surface area contributed by atoms with E-state index in [1.807, 2.05) is 0 Å². The lowest BCUT2D eigenvalue weighted by Gasteiger charge is -1.89. The predicted molar refractivity (Wildman–Crippen MR) is 44.3 cm³/mol. The van der Waals surface area contributed by atoms with Crippen LogP contribution in [0, 0.1) is 10.1 Å². The van der Waals surface area contributed by atoms with E-state index in [0.29, 0.717) is 10.8 Å². The van der Waals surface area contributed by atoms with Crippen molar-refractivity contribution in [2.75, 3.05) is 0 Å². The lowest BCUT2D eigenvalue weighted by molar-refractivity contribution is -0.384. The maximum Gasteiger partial charge on any atom is 0.288 e. The number of halogens is 2. The Balaban J connectivity index is 0.000000845. The lowest BCUT2D eigenvalue weighted by atomic mass is 10.3. The molecule has 0 aliphatic rings. The molecule has 0 heterocycles. The lowest BCUT2D eigenvalue weighted by Crippen LogP contribution is -3.00.